The molecule has 0 unspecified atom stereocenters. The minimum absolute atomic E-state index is 0.288. The zero-order valence-corrected chi connectivity index (χ0v) is 18.7. The van der Waals surface area contributed by atoms with Gasteiger partial charge in [0.05, 0.1) is 5.69 Å². The van der Waals surface area contributed by atoms with Gasteiger partial charge in [-0.3, -0.25) is 9.59 Å². The summed E-state index contributed by atoms with van der Waals surface area (Å²) in [6.07, 6.45) is 8.41. The van der Waals surface area contributed by atoms with E-state index < -0.39 is 11.6 Å². The first-order valence-corrected chi connectivity index (χ1v) is 11.6. The van der Waals surface area contributed by atoms with Crippen molar-refractivity contribution in [3.05, 3.63) is 47.2 Å². The number of carbonyl (C=O) groups is 3. The first-order chi connectivity index (χ1) is 15.4. The third kappa shape index (κ3) is 3.05. The summed E-state index contributed by atoms with van der Waals surface area (Å²) in [5.41, 5.74) is 3.07. The van der Waals surface area contributed by atoms with Gasteiger partial charge >= 0.3 is 6.03 Å². The number of aromatic nitrogens is 1. The van der Waals surface area contributed by atoms with Crippen molar-refractivity contribution in [1.82, 2.24) is 20.1 Å². The van der Waals surface area contributed by atoms with Gasteiger partial charge in [0.15, 0.2) is 5.54 Å². The number of H-pyrrole nitrogens is 1. The van der Waals surface area contributed by atoms with Crippen LogP contribution in [0.25, 0.3) is 10.9 Å². The predicted octanol–water partition coefficient (Wildman–Crippen LogP) is 3.60. The summed E-state index contributed by atoms with van der Waals surface area (Å²) in [7, 11) is 0. The van der Waals surface area contributed by atoms with Gasteiger partial charge in [-0.15, -0.1) is 0 Å². The van der Waals surface area contributed by atoms with E-state index in [0.29, 0.717) is 19.5 Å². The molecule has 168 valence electrons. The number of hydrogen-bond donors (Lipinski definition) is 2. The molecule has 1 saturated heterocycles. The van der Waals surface area contributed by atoms with Gasteiger partial charge < -0.3 is 15.2 Å². The zero-order valence-electron chi connectivity index (χ0n) is 18.7. The number of nitrogens with zero attached hydrogens (tertiary/aromatic N) is 2. The number of benzene rings is 1. The van der Waals surface area contributed by atoms with Crippen LogP contribution in [0.1, 0.15) is 57.2 Å². The monoisotopic (exact) mass is 434 g/mol. The molecule has 1 aromatic heterocycles. The Balaban J connectivity index is 1.36. The van der Waals surface area contributed by atoms with Gasteiger partial charge in [-0.1, -0.05) is 29.8 Å². The van der Waals surface area contributed by atoms with Gasteiger partial charge in [-0.05, 0) is 64.0 Å². The van der Waals surface area contributed by atoms with Crippen LogP contribution in [0.5, 0.6) is 0 Å². The van der Waals surface area contributed by atoms with Crippen molar-refractivity contribution in [2.45, 2.75) is 64.0 Å². The van der Waals surface area contributed by atoms with E-state index in [2.05, 4.69) is 16.4 Å². The Morgan fingerprint density at radius 3 is 2.81 bits per heavy atom. The second-order valence-electron chi connectivity index (χ2n) is 9.28. The molecule has 2 N–H and O–H groups in total. The van der Waals surface area contributed by atoms with Crippen LogP contribution in [0.15, 0.2) is 35.9 Å². The molecule has 7 heteroatoms. The van der Waals surface area contributed by atoms with E-state index in [0.717, 1.165) is 46.3 Å². The number of urea groups is 1. The van der Waals surface area contributed by atoms with Gasteiger partial charge in [0, 0.05) is 24.0 Å². The smallest absolute Gasteiger partial charge is 0.328 e. The van der Waals surface area contributed by atoms with E-state index in [1.807, 2.05) is 24.3 Å². The number of aromatic amines is 1. The maximum atomic E-state index is 13.6. The summed E-state index contributed by atoms with van der Waals surface area (Å²) >= 11 is 0. The summed E-state index contributed by atoms with van der Waals surface area (Å²) < 4.78 is 0. The third-order valence-corrected chi connectivity index (χ3v) is 7.40. The first kappa shape index (κ1) is 20.8. The van der Waals surface area contributed by atoms with Crippen molar-refractivity contribution in [2.75, 3.05) is 13.1 Å². The van der Waals surface area contributed by atoms with E-state index in [-0.39, 0.29) is 17.8 Å². The molecule has 1 aromatic carbocycles. The molecular weight excluding hydrogens is 404 g/mol. The van der Waals surface area contributed by atoms with Gasteiger partial charge in [0.2, 0.25) is 5.91 Å². The van der Waals surface area contributed by atoms with E-state index in [4.69, 9.17) is 0 Å². The van der Waals surface area contributed by atoms with E-state index >= 15 is 0 Å². The van der Waals surface area contributed by atoms with Crippen LogP contribution in [0.3, 0.4) is 0 Å². The van der Waals surface area contributed by atoms with Crippen molar-refractivity contribution >= 4 is 28.7 Å². The quantitative estimate of drug-likeness (QED) is 0.557. The predicted molar refractivity (Wildman–Crippen MR) is 122 cm³/mol. The fourth-order valence-corrected chi connectivity index (χ4v) is 5.50. The minimum Gasteiger partial charge on any atom is -0.356 e. The lowest BCUT2D eigenvalue weighted by atomic mass is 9.87. The number of nitrogens with one attached hydrogen (secondary N) is 2. The maximum Gasteiger partial charge on any atom is 0.328 e. The molecule has 4 amide bonds. The Labute approximate surface area is 187 Å². The van der Waals surface area contributed by atoms with Crippen molar-refractivity contribution in [2.24, 2.45) is 0 Å². The first-order valence-electron chi connectivity index (χ1n) is 11.6. The number of allylic oxidation sites excluding steroid dienone is 1. The van der Waals surface area contributed by atoms with Crippen LogP contribution >= 0.6 is 0 Å². The van der Waals surface area contributed by atoms with Crippen LogP contribution in [0.2, 0.25) is 0 Å². The Bertz CT molecular complexity index is 1130. The summed E-state index contributed by atoms with van der Waals surface area (Å²) in [6, 6.07) is 6.71. The summed E-state index contributed by atoms with van der Waals surface area (Å²) in [5.74, 6) is -0.629. The molecule has 0 radical (unpaired) electrons. The molecule has 0 spiro atoms. The Hall–Kier alpha value is -3.09. The highest BCUT2D eigenvalue weighted by Crippen LogP contribution is 2.44. The summed E-state index contributed by atoms with van der Waals surface area (Å²) in [5, 5.41) is 4.02. The second-order valence-corrected chi connectivity index (χ2v) is 9.28. The molecule has 1 fully saturated rings. The SMILES string of the molecule is C[C@@H](C(=O)NCCC1=CCCCC1)N1C(=O)N2CCc3c([nH]c4ccccc34)[C@@]2(C)C1=O. The average Bonchev–Trinajstić information content (AvgIpc) is 3.28. The zero-order chi connectivity index (χ0) is 22.5. The van der Waals surface area contributed by atoms with Crippen molar-refractivity contribution in [3.63, 3.8) is 0 Å². The molecule has 0 bridgehead atoms. The molecule has 5 rings (SSSR count). The molecule has 32 heavy (non-hydrogen) atoms. The standard InChI is InChI=1S/C25H30N4O3/c1-16(22(30)26-14-12-17-8-4-3-5-9-17)29-23(31)25(2)21-19(13-15-28(25)24(29)32)18-10-6-7-11-20(18)27-21/h6-8,10-11,16,27H,3-5,9,12-15H2,1-2H3,(H,26,30)/t16-,25-/m0/s1. The number of amides is 4. The lowest BCUT2D eigenvalue weighted by molar-refractivity contribution is -0.139. The number of carbonyl (C=O) groups excluding carboxylic acids is 3. The Kier molecular flexibility index (Phi) is 5.07. The minimum atomic E-state index is -1.12. The molecule has 1 aliphatic carbocycles. The average molecular weight is 435 g/mol. The van der Waals surface area contributed by atoms with Gasteiger partial charge in [0.1, 0.15) is 6.04 Å². The number of fused-ring (bicyclic) bond motifs is 5. The molecule has 7 nitrogen and oxygen atoms in total. The largest absolute Gasteiger partial charge is 0.356 e. The number of hydrogen-bond acceptors (Lipinski definition) is 3. The van der Waals surface area contributed by atoms with Crippen LogP contribution < -0.4 is 5.32 Å². The van der Waals surface area contributed by atoms with Crippen LogP contribution in [0, 0.1) is 0 Å². The normalized spacial score (nSPS) is 23.8. The lowest BCUT2D eigenvalue weighted by Crippen LogP contribution is -2.50. The molecular formula is C25H30N4O3. The number of para-hydroxylation sites is 1. The highest BCUT2D eigenvalue weighted by atomic mass is 16.2. The fourth-order valence-electron chi connectivity index (χ4n) is 5.50. The molecule has 3 aliphatic rings. The molecule has 3 heterocycles. The Morgan fingerprint density at radius 2 is 2.03 bits per heavy atom. The highest BCUT2D eigenvalue weighted by molar-refractivity contribution is 6.10. The van der Waals surface area contributed by atoms with Gasteiger partial charge in [-0.25, -0.2) is 9.69 Å². The van der Waals surface area contributed by atoms with Crippen molar-refractivity contribution < 1.29 is 14.4 Å². The Morgan fingerprint density at radius 1 is 1.22 bits per heavy atom. The second kappa shape index (κ2) is 7.80. The summed E-state index contributed by atoms with van der Waals surface area (Å²) in [4.78, 5) is 45.9. The number of rotatable bonds is 5. The van der Waals surface area contributed by atoms with E-state index in [1.165, 1.54) is 18.4 Å². The lowest BCUT2D eigenvalue weighted by Gasteiger charge is -2.36. The number of imide groups is 1. The molecule has 2 aliphatic heterocycles. The third-order valence-electron chi connectivity index (χ3n) is 7.40. The van der Waals surface area contributed by atoms with E-state index in [1.54, 1.807) is 18.7 Å². The molecule has 2 atom stereocenters. The maximum absolute atomic E-state index is 13.6. The molecule has 0 saturated carbocycles. The topological polar surface area (TPSA) is 85.5 Å². The van der Waals surface area contributed by atoms with Crippen LogP contribution in [-0.2, 0) is 21.5 Å². The fraction of sp³-hybridized carbons (Fsp3) is 0.480. The summed E-state index contributed by atoms with van der Waals surface area (Å²) in [6.45, 7) is 4.41. The van der Waals surface area contributed by atoms with Gasteiger partial charge in [-0.2, -0.15) is 0 Å². The van der Waals surface area contributed by atoms with Crippen molar-refractivity contribution in [3.8, 4) is 0 Å². The van der Waals surface area contributed by atoms with Crippen LogP contribution in [-0.4, -0.2) is 51.8 Å². The van der Waals surface area contributed by atoms with Gasteiger partial charge in [0.25, 0.3) is 5.91 Å². The highest BCUT2D eigenvalue weighted by Gasteiger charge is 2.60. The van der Waals surface area contributed by atoms with E-state index in [9.17, 15) is 14.4 Å². The van der Waals surface area contributed by atoms with Crippen molar-refractivity contribution in [1.29, 1.82) is 0 Å². The molecule has 2 aromatic rings. The van der Waals surface area contributed by atoms with Crippen LogP contribution in [0.4, 0.5) is 4.79 Å².